The SMILES string of the molecule is CCc1cc(=O)[nH]c(-c2ccc(NC(C3CC3)C3CC3)nc2)n1. The minimum absolute atomic E-state index is 0.114. The van der Waals surface area contributed by atoms with Gasteiger partial charge in [-0.1, -0.05) is 6.92 Å². The fourth-order valence-corrected chi connectivity index (χ4v) is 3.15. The van der Waals surface area contributed by atoms with E-state index in [1.807, 2.05) is 19.1 Å². The zero-order valence-electron chi connectivity index (χ0n) is 13.4. The summed E-state index contributed by atoms with van der Waals surface area (Å²) in [6.07, 6.45) is 7.93. The average Bonchev–Trinajstić information content (AvgIpc) is 3.46. The number of nitrogens with zero attached hydrogens (tertiary/aromatic N) is 2. The lowest BCUT2D eigenvalue weighted by molar-refractivity contribution is 0.566. The van der Waals surface area contributed by atoms with Gasteiger partial charge in [-0.3, -0.25) is 4.79 Å². The van der Waals surface area contributed by atoms with Crippen molar-refractivity contribution in [3.8, 4) is 11.4 Å². The molecule has 0 aromatic carbocycles. The molecule has 0 spiro atoms. The molecule has 5 nitrogen and oxygen atoms in total. The summed E-state index contributed by atoms with van der Waals surface area (Å²) in [4.78, 5) is 23.5. The van der Waals surface area contributed by atoms with Gasteiger partial charge in [0, 0.05) is 29.6 Å². The fraction of sp³-hybridized carbons (Fsp3) is 0.500. The molecular weight excluding hydrogens is 288 g/mol. The number of pyridine rings is 1. The minimum atomic E-state index is -0.114. The van der Waals surface area contributed by atoms with Crippen LogP contribution in [0.5, 0.6) is 0 Å². The molecule has 2 aliphatic rings. The van der Waals surface area contributed by atoms with Crippen LogP contribution in [0.1, 0.15) is 38.3 Å². The van der Waals surface area contributed by atoms with Crippen LogP contribution in [0.25, 0.3) is 11.4 Å². The maximum Gasteiger partial charge on any atom is 0.251 e. The van der Waals surface area contributed by atoms with Gasteiger partial charge in [0.2, 0.25) is 0 Å². The monoisotopic (exact) mass is 310 g/mol. The van der Waals surface area contributed by atoms with Crippen molar-refractivity contribution in [2.75, 3.05) is 5.32 Å². The van der Waals surface area contributed by atoms with E-state index in [4.69, 9.17) is 0 Å². The standard InChI is InChI=1S/C18H22N4O/c1-2-14-9-16(23)22-18(20-14)13-7-8-15(19-10-13)21-17(11-3-4-11)12-5-6-12/h7-12,17H,2-6H2,1H3,(H,19,21)(H,20,22,23). The lowest BCUT2D eigenvalue weighted by Crippen LogP contribution is -2.24. The second-order valence-corrected chi connectivity index (χ2v) is 6.72. The summed E-state index contributed by atoms with van der Waals surface area (Å²) in [6.45, 7) is 1.99. The van der Waals surface area contributed by atoms with Crippen molar-refractivity contribution >= 4 is 5.82 Å². The Kier molecular flexibility index (Phi) is 3.63. The Hall–Kier alpha value is -2.17. The Morgan fingerprint density at radius 2 is 2.00 bits per heavy atom. The number of hydrogen-bond acceptors (Lipinski definition) is 4. The van der Waals surface area contributed by atoms with Gasteiger partial charge in [-0.2, -0.15) is 0 Å². The van der Waals surface area contributed by atoms with Crippen molar-refractivity contribution in [1.29, 1.82) is 0 Å². The van der Waals surface area contributed by atoms with Crippen LogP contribution >= 0.6 is 0 Å². The third kappa shape index (κ3) is 3.28. The summed E-state index contributed by atoms with van der Waals surface area (Å²) in [7, 11) is 0. The maximum atomic E-state index is 11.7. The third-order valence-electron chi connectivity index (χ3n) is 4.77. The highest BCUT2D eigenvalue weighted by Gasteiger charge is 2.41. The molecule has 0 saturated heterocycles. The molecule has 2 aromatic heterocycles. The van der Waals surface area contributed by atoms with E-state index in [-0.39, 0.29) is 5.56 Å². The molecule has 5 heteroatoms. The van der Waals surface area contributed by atoms with Crippen LogP contribution in [0.15, 0.2) is 29.2 Å². The van der Waals surface area contributed by atoms with Gasteiger partial charge in [0.05, 0.1) is 0 Å². The minimum Gasteiger partial charge on any atom is -0.367 e. The van der Waals surface area contributed by atoms with Crippen LogP contribution in [0.2, 0.25) is 0 Å². The lowest BCUT2D eigenvalue weighted by Gasteiger charge is -2.18. The van der Waals surface area contributed by atoms with Gasteiger partial charge >= 0.3 is 0 Å². The largest absolute Gasteiger partial charge is 0.367 e. The molecule has 0 amide bonds. The van der Waals surface area contributed by atoms with Crippen LogP contribution in [0, 0.1) is 11.8 Å². The number of anilines is 1. The number of nitrogens with one attached hydrogen (secondary N) is 2. The van der Waals surface area contributed by atoms with E-state index in [0.717, 1.165) is 35.3 Å². The van der Waals surface area contributed by atoms with Gasteiger partial charge in [-0.15, -0.1) is 0 Å². The Bertz CT molecular complexity index is 732. The van der Waals surface area contributed by atoms with Crippen molar-refractivity contribution < 1.29 is 0 Å². The highest BCUT2D eigenvalue weighted by Crippen LogP contribution is 2.45. The predicted molar refractivity (Wildman–Crippen MR) is 90.3 cm³/mol. The topological polar surface area (TPSA) is 70.7 Å². The summed E-state index contributed by atoms with van der Waals surface area (Å²) in [5.41, 5.74) is 1.53. The summed E-state index contributed by atoms with van der Waals surface area (Å²) < 4.78 is 0. The van der Waals surface area contributed by atoms with Crippen LogP contribution < -0.4 is 10.9 Å². The Morgan fingerprint density at radius 3 is 2.57 bits per heavy atom. The first-order chi connectivity index (χ1) is 11.2. The molecule has 0 aliphatic heterocycles. The number of aryl methyl sites for hydroxylation is 1. The summed E-state index contributed by atoms with van der Waals surface area (Å²) in [6, 6.07) is 6.10. The normalized spacial score (nSPS) is 17.5. The fourth-order valence-electron chi connectivity index (χ4n) is 3.15. The van der Waals surface area contributed by atoms with E-state index in [9.17, 15) is 4.79 Å². The maximum absolute atomic E-state index is 11.7. The predicted octanol–water partition coefficient (Wildman–Crippen LogP) is 2.99. The van der Waals surface area contributed by atoms with Crippen LogP contribution in [0.3, 0.4) is 0 Å². The van der Waals surface area contributed by atoms with Crippen LogP contribution in [-0.4, -0.2) is 21.0 Å². The zero-order chi connectivity index (χ0) is 15.8. The van der Waals surface area contributed by atoms with E-state index in [2.05, 4.69) is 20.3 Å². The Balaban J connectivity index is 1.53. The van der Waals surface area contributed by atoms with Crippen molar-refractivity contribution in [2.45, 2.75) is 45.1 Å². The highest BCUT2D eigenvalue weighted by molar-refractivity contribution is 5.56. The molecule has 0 radical (unpaired) electrons. The number of H-pyrrole nitrogens is 1. The quantitative estimate of drug-likeness (QED) is 0.860. The number of aromatic nitrogens is 3. The number of rotatable bonds is 6. The molecule has 23 heavy (non-hydrogen) atoms. The lowest BCUT2D eigenvalue weighted by atomic mass is 10.1. The van der Waals surface area contributed by atoms with Gasteiger partial charge in [-0.25, -0.2) is 9.97 Å². The van der Waals surface area contributed by atoms with Gasteiger partial charge in [0.1, 0.15) is 11.6 Å². The van der Waals surface area contributed by atoms with Gasteiger partial charge in [-0.05, 0) is 56.1 Å². The zero-order valence-corrected chi connectivity index (χ0v) is 13.4. The molecule has 4 rings (SSSR count). The Morgan fingerprint density at radius 1 is 1.26 bits per heavy atom. The Labute approximate surface area is 135 Å². The molecule has 120 valence electrons. The first-order valence-electron chi connectivity index (χ1n) is 8.56. The molecule has 2 N–H and O–H groups in total. The van der Waals surface area contributed by atoms with E-state index in [0.29, 0.717) is 11.9 Å². The van der Waals surface area contributed by atoms with Gasteiger partial charge in [0.15, 0.2) is 0 Å². The van der Waals surface area contributed by atoms with Crippen molar-refractivity contribution in [3.63, 3.8) is 0 Å². The van der Waals surface area contributed by atoms with Crippen LogP contribution in [-0.2, 0) is 6.42 Å². The van der Waals surface area contributed by atoms with Crippen molar-refractivity contribution in [2.24, 2.45) is 11.8 Å². The second kappa shape index (κ2) is 5.80. The molecule has 2 saturated carbocycles. The van der Waals surface area contributed by atoms with Crippen molar-refractivity contribution in [1.82, 2.24) is 15.0 Å². The summed E-state index contributed by atoms with van der Waals surface area (Å²) in [5.74, 6) is 3.19. The highest BCUT2D eigenvalue weighted by atomic mass is 16.1. The van der Waals surface area contributed by atoms with E-state index in [1.54, 1.807) is 12.3 Å². The molecule has 2 heterocycles. The van der Waals surface area contributed by atoms with E-state index < -0.39 is 0 Å². The summed E-state index contributed by atoms with van der Waals surface area (Å²) >= 11 is 0. The molecule has 2 fully saturated rings. The van der Waals surface area contributed by atoms with Crippen LogP contribution in [0.4, 0.5) is 5.82 Å². The first-order valence-corrected chi connectivity index (χ1v) is 8.56. The molecule has 0 unspecified atom stereocenters. The summed E-state index contributed by atoms with van der Waals surface area (Å²) in [5, 5.41) is 3.61. The molecule has 2 aliphatic carbocycles. The molecule has 2 aromatic rings. The first kappa shape index (κ1) is 14.4. The van der Waals surface area contributed by atoms with E-state index >= 15 is 0 Å². The van der Waals surface area contributed by atoms with Gasteiger partial charge in [0.25, 0.3) is 5.56 Å². The smallest absolute Gasteiger partial charge is 0.251 e. The second-order valence-electron chi connectivity index (χ2n) is 6.72. The molecular formula is C18H22N4O. The number of aromatic amines is 1. The van der Waals surface area contributed by atoms with Crippen molar-refractivity contribution in [3.05, 3.63) is 40.4 Å². The average molecular weight is 310 g/mol. The number of hydrogen-bond donors (Lipinski definition) is 2. The molecule has 0 bridgehead atoms. The molecule has 0 atom stereocenters. The van der Waals surface area contributed by atoms with Gasteiger partial charge < -0.3 is 10.3 Å². The van der Waals surface area contributed by atoms with E-state index in [1.165, 1.54) is 25.7 Å². The third-order valence-corrected chi connectivity index (χ3v) is 4.77.